The van der Waals surface area contributed by atoms with Crippen molar-refractivity contribution in [3.8, 4) is 5.75 Å². The molecule has 0 saturated heterocycles. The van der Waals surface area contributed by atoms with Crippen molar-refractivity contribution < 1.29 is 13.9 Å². The maximum atomic E-state index is 11.7. The second-order valence-electron chi connectivity index (χ2n) is 4.33. The largest absolute Gasteiger partial charge is 0.484 e. The highest BCUT2D eigenvalue weighted by molar-refractivity contribution is 8.14. The number of nitrogens with zero attached hydrogens (tertiary/aromatic N) is 1. The zero-order chi connectivity index (χ0) is 14.7. The third-order valence-corrected chi connectivity index (χ3v) is 3.69. The summed E-state index contributed by atoms with van der Waals surface area (Å²) in [6.07, 6.45) is 0. The third-order valence-electron chi connectivity index (χ3n) is 2.80. The molecule has 0 spiro atoms. The van der Waals surface area contributed by atoms with Gasteiger partial charge in [-0.2, -0.15) is 0 Å². The Hall–Kier alpha value is -2.28. The van der Waals surface area contributed by atoms with Crippen LogP contribution in [0.3, 0.4) is 0 Å². The van der Waals surface area contributed by atoms with Gasteiger partial charge in [-0.15, -0.1) is 0 Å². The quantitative estimate of drug-likeness (QED) is 0.867. The average Bonchev–Trinajstić information content (AvgIpc) is 2.97. The molecule has 1 aliphatic rings. The lowest BCUT2D eigenvalue weighted by atomic mass is 10.2. The van der Waals surface area contributed by atoms with E-state index in [2.05, 4.69) is 10.3 Å². The molecule has 0 radical (unpaired) electrons. The first-order valence-electron chi connectivity index (χ1n) is 6.34. The average molecular weight is 304 g/mol. The van der Waals surface area contributed by atoms with Gasteiger partial charge in [0.1, 0.15) is 11.3 Å². The number of amides is 1. The number of nitrogens with one attached hydrogen (secondary N) is 1. The van der Waals surface area contributed by atoms with Gasteiger partial charge < -0.3 is 14.5 Å². The molecule has 108 valence electrons. The summed E-state index contributed by atoms with van der Waals surface area (Å²) >= 11 is 1.51. The Bertz CT molecular complexity index is 769. The van der Waals surface area contributed by atoms with Crippen LogP contribution in [0.25, 0.3) is 11.0 Å². The number of aliphatic imine (C=N–C) groups is 1. The Labute approximate surface area is 124 Å². The van der Waals surface area contributed by atoms with E-state index in [0.717, 1.165) is 17.7 Å². The maximum Gasteiger partial charge on any atom is 0.336 e. The van der Waals surface area contributed by atoms with Crippen molar-refractivity contribution in [2.45, 2.75) is 0 Å². The Morgan fingerprint density at radius 2 is 2.24 bits per heavy atom. The number of ether oxygens (including phenoxy) is 1. The Morgan fingerprint density at radius 1 is 1.38 bits per heavy atom. The molecule has 2 heterocycles. The van der Waals surface area contributed by atoms with E-state index in [1.54, 1.807) is 24.3 Å². The summed E-state index contributed by atoms with van der Waals surface area (Å²) in [7, 11) is 0. The van der Waals surface area contributed by atoms with Gasteiger partial charge in [0, 0.05) is 23.3 Å². The number of fused-ring (bicyclic) bond motifs is 1. The van der Waals surface area contributed by atoms with Crippen LogP contribution < -0.4 is 15.7 Å². The molecule has 1 aromatic carbocycles. The number of carbonyl (C=O) groups is 1. The minimum absolute atomic E-state index is 0.123. The van der Waals surface area contributed by atoms with Crippen LogP contribution in [0.5, 0.6) is 5.75 Å². The molecular weight excluding hydrogens is 292 g/mol. The van der Waals surface area contributed by atoms with Crippen LogP contribution >= 0.6 is 11.8 Å². The fraction of sp³-hybridized carbons (Fsp3) is 0.214. The molecule has 7 heteroatoms. The molecule has 0 bridgehead atoms. The zero-order valence-electron chi connectivity index (χ0n) is 11.0. The highest BCUT2D eigenvalue weighted by atomic mass is 32.2. The topological polar surface area (TPSA) is 80.9 Å². The predicted molar refractivity (Wildman–Crippen MR) is 80.9 cm³/mol. The third kappa shape index (κ3) is 3.43. The number of hydrogen-bond acceptors (Lipinski definition) is 6. The lowest BCUT2D eigenvalue weighted by Crippen LogP contribution is -2.32. The molecule has 1 amide bonds. The first-order valence-corrected chi connectivity index (χ1v) is 7.33. The van der Waals surface area contributed by atoms with Crippen molar-refractivity contribution in [3.05, 3.63) is 40.8 Å². The van der Waals surface area contributed by atoms with E-state index in [1.165, 1.54) is 17.8 Å². The predicted octanol–water partition coefficient (Wildman–Crippen LogP) is 1.39. The summed E-state index contributed by atoms with van der Waals surface area (Å²) in [6.45, 7) is 0.604. The number of carbonyl (C=O) groups excluding carboxylic acids is 1. The summed E-state index contributed by atoms with van der Waals surface area (Å²) in [5.41, 5.74) is 0.00444. The van der Waals surface area contributed by atoms with Crippen LogP contribution in [0.15, 0.2) is 44.5 Å². The maximum absolute atomic E-state index is 11.7. The molecular formula is C14H12N2O4S. The van der Waals surface area contributed by atoms with Gasteiger partial charge in [-0.3, -0.25) is 9.79 Å². The second kappa shape index (κ2) is 6.01. The Balaban J connectivity index is 1.64. The van der Waals surface area contributed by atoms with E-state index in [4.69, 9.17) is 9.15 Å². The standard InChI is InChI=1S/C14H12N2O4S/c17-12(16-14-15-5-6-21-14)8-19-10-3-1-9-2-4-13(18)20-11(9)7-10/h1-4,7H,5-6,8H2,(H,15,16,17). The van der Waals surface area contributed by atoms with Crippen LogP contribution in [0.2, 0.25) is 0 Å². The molecule has 1 aliphatic heterocycles. The van der Waals surface area contributed by atoms with E-state index < -0.39 is 5.63 Å². The van der Waals surface area contributed by atoms with Crippen molar-refractivity contribution in [2.75, 3.05) is 18.9 Å². The van der Waals surface area contributed by atoms with Crippen molar-refractivity contribution >= 4 is 33.8 Å². The molecule has 3 rings (SSSR count). The summed E-state index contributed by atoms with van der Waals surface area (Å²) < 4.78 is 10.4. The van der Waals surface area contributed by atoms with E-state index in [9.17, 15) is 9.59 Å². The molecule has 2 aromatic rings. The molecule has 0 fully saturated rings. The van der Waals surface area contributed by atoms with E-state index in [0.29, 0.717) is 16.5 Å². The Kier molecular flexibility index (Phi) is 3.92. The number of benzene rings is 1. The number of amidine groups is 1. The smallest absolute Gasteiger partial charge is 0.336 e. The van der Waals surface area contributed by atoms with Gasteiger partial charge in [0.15, 0.2) is 11.8 Å². The molecule has 0 unspecified atom stereocenters. The van der Waals surface area contributed by atoms with E-state index in [1.807, 2.05) is 0 Å². The van der Waals surface area contributed by atoms with Crippen molar-refractivity contribution in [1.82, 2.24) is 5.32 Å². The lowest BCUT2D eigenvalue weighted by molar-refractivity contribution is -0.121. The minimum atomic E-state index is -0.423. The van der Waals surface area contributed by atoms with Gasteiger partial charge in [-0.1, -0.05) is 11.8 Å². The molecule has 0 atom stereocenters. The van der Waals surface area contributed by atoms with Crippen LogP contribution in [0, 0.1) is 0 Å². The molecule has 1 aromatic heterocycles. The fourth-order valence-corrected chi connectivity index (χ4v) is 2.59. The molecule has 21 heavy (non-hydrogen) atoms. The first kappa shape index (κ1) is 13.7. The zero-order valence-corrected chi connectivity index (χ0v) is 11.8. The first-order chi connectivity index (χ1) is 10.2. The van der Waals surface area contributed by atoms with Crippen LogP contribution in [0.4, 0.5) is 0 Å². The van der Waals surface area contributed by atoms with Gasteiger partial charge in [0.2, 0.25) is 0 Å². The SMILES string of the molecule is O=C(COc1ccc2ccc(=O)oc2c1)NC1=NCCS1. The van der Waals surface area contributed by atoms with Gasteiger partial charge >= 0.3 is 5.63 Å². The number of hydrogen-bond donors (Lipinski definition) is 1. The summed E-state index contributed by atoms with van der Waals surface area (Å²) in [5.74, 6) is 1.09. The second-order valence-corrected chi connectivity index (χ2v) is 5.41. The van der Waals surface area contributed by atoms with Gasteiger partial charge in [-0.25, -0.2) is 4.79 Å². The molecule has 1 N–H and O–H groups in total. The van der Waals surface area contributed by atoms with Crippen molar-refractivity contribution in [1.29, 1.82) is 0 Å². The molecule has 6 nitrogen and oxygen atoms in total. The van der Waals surface area contributed by atoms with Crippen molar-refractivity contribution in [3.63, 3.8) is 0 Å². The highest BCUT2D eigenvalue weighted by Crippen LogP contribution is 2.19. The fourth-order valence-electron chi connectivity index (χ4n) is 1.85. The Morgan fingerprint density at radius 3 is 3.05 bits per heavy atom. The highest BCUT2D eigenvalue weighted by Gasteiger charge is 2.11. The van der Waals surface area contributed by atoms with Crippen LogP contribution in [-0.2, 0) is 4.79 Å². The number of rotatable bonds is 3. The number of thioether (sulfide) groups is 1. The molecule has 0 aliphatic carbocycles. The molecule has 0 saturated carbocycles. The van der Waals surface area contributed by atoms with E-state index >= 15 is 0 Å². The van der Waals surface area contributed by atoms with Gasteiger partial charge in [-0.05, 0) is 18.2 Å². The van der Waals surface area contributed by atoms with Gasteiger partial charge in [0.25, 0.3) is 5.91 Å². The van der Waals surface area contributed by atoms with Crippen LogP contribution in [0.1, 0.15) is 0 Å². The summed E-state index contributed by atoms with van der Waals surface area (Å²) in [5, 5.41) is 4.10. The summed E-state index contributed by atoms with van der Waals surface area (Å²) in [4.78, 5) is 27.0. The van der Waals surface area contributed by atoms with Gasteiger partial charge in [0.05, 0.1) is 6.54 Å². The van der Waals surface area contributed by atoms with Crippen LogP contribution in [-0.4, -0.2) is 30.0 Å². The van der Waals surface area contributed by atoms with E-state index in [-0.39, 0.29) is 12.5 Å². The monoisotopic (exact) mass is 304 g/mol. The summed E-state index contributed by atoms with van der Waals surface area (Å²) in [6, 6.07) is 8.11. The van der Waals surface area contributed by atoms with Crippen molar-refractivity contribution in [2.24, 2.45) is 4.99 Å². The normalized spacial score (nSPS) is 14.0. The lowest BCUT2D eigenvalue weighted by Gasteiger charge is -2.07. The minimum Gasteiger partial charge on any atom is -0.484 e.